The van der Waals surface area contributed by atoms with Gasteiger partial charge in [-0.05, 0) is 43.9 Å². The minimum Gasteiger partial charge on any atom is -0.329 e. The molecule has 1 saturated carbocycles. The van der Waals surface area contributed by atoms with Crippen molar-refractivity contribution < 1.29 is 4.79 Å². The molecule has 6 rings (SSSR count). The molecule has 29 heavy (non-hydrogen) atoms. The Morgan fingerprint density at radius 3 is 2.72 bits per heavy atom. The molecule has 1 aliphatic carbocycles. The van der Waals surface area contributed by atoms with Crippen molar-refractivity contribution in [3.05, 3.63) is 57.9 Å². The zero-order valence-electron chi connectivity index (χ0n) is 16.4. The van der Waals surface area contributed by atoms with Crippen molar-refractivity contribution in [1.29, 1.82) is 0 Å². The van der Waals surface area contributed by atoms with Gasteiger partial charge in [0.1, 0.15) is 11.5 Å². The third kappa shape index (κ3) is 2.56. The fourth-order valence-corrected chi connectivity index (χ4v) is 5.05. The number of fused-ring (bicyclic) bond motifs is 4. The number of carbonyl (C=O) groups is 1. The molecule has 1 aromatic carbocycles. The summed E-state index contributed by atoms with van der Waals surface area (Å²) >= 11 is 0. The lowest BCUT2D eigenvalue weighted by Crippen LogP contribution is -2.43. The Kier molecular flexibility index (Phi) is 3.52. The molecule has 2 aromatic heterocycles. The average Bonchev–Trinajstić information content (AvgIpc) is 3.41. The number of para-hydroxylation sites is 1. The average molecular weight is 389 g/mol. The molecule has 3 aromatic rings. The first-order valence-electron chi connectivity index (χ1n) is 10.4. The van der Waals surface area contributed by atoms with Crippen LogP contribution in [0.25, 0.3) is 10.9 Å². The summed E-state index contributed by atoms with van der Waals surface area (Å²) in [6.45, 7) is 0.515. The summed E-state index contributed by atoms with van der Waals surface area (Å²) in [5.74, 6) is 1.34. The van der Waals surface area contributed by atoms with Gasteiger partial charge >= 0.3 is 0 Å². The van der Waals surface area contributed by atoms with Crippen LogP contribution < -0.4 is 5.56 Å². The molecule has 2 bridgehead atoms. The number of aromatic nitrogens is 4. The summed E-state index contributed by atoms with van der Waals surface area (Å²) in [6.07, 6.45) is 4.82. The van der Waals surface area contributed by atoms with E-state index in [1.54, 1.807) is 9.25 Å². The zero-order chi connectivity index (χ0) is 19.7. The highest BCUT2D eigenvalue weighted by Crippen LogP contribution is 2.40. The molecule has 0 spiro atoms. The number of nitrogens with zero attached hydrogens (tertiary/aromatic N) is 5. The molecule has 7 nitrogen and oxygen atoms in total. The molecular formula is C22H23N5O2. The van der Waals surface area contributed by atoms with Gasteiger partial charge in [-0.1, -0.05) is 12.1 Å². The maximum absolute atomic E-state index is 13.5. The van der Waals surface area contributed by atoms with Gasteiger partial charge in [-0.2, -0.15) is 5.10 Å². The van der Waals surface area contributed by atoms with Crippen LogP contribution in [-0.2, 0) is 20.0 Å². The Morgan fingerprint density at radius 2 is 1.90 bits per heavy atom. The second kappa shape index (κ2) is 6.02. The topological polar surface area (TPSA) is 73.0 Å². The molecule has 148 valence electrons. The quantitative estimate of drug-likeness (QED) is 0.674. The largest absolute Gasteiger partial charge is 0.329 e. The highest BCUT2D eigenvalue weighted by atomic mass is 16.2. The summed E-state index contributed by atoms with van der Waals surface area (Å²) in [4.78, 5) is 33.4. The lowest BCUT2D eigenvalue weighted by atomic mass is 10.1. The Hall–Kier alpha value is -2.96. The van der Waals surface area contributed by atoms with Gasteiger partial charge in [-0.3, -0.25) is 18.8 Å². The maximum Gasteiger partial charge on any atom is 0.272 e. The molecule has 2 unspecified atom stereocenters. The number of rotatable bonds is 2. The molecule has 3 aliphatic rings. The van der Waals surface area contributed by atoms with E-state index in [1.165, 1.54) is 0 Å². The van der Waals surface area contributed by atoms with Crippen LogP contribution in [0.3, 0.4) is 0 Å². The van der Waals surface area contributed by atoms with Crippen LogP contribution in [0.15, 0.2) is 35.1 Å². The van der Waals surface area contributed by atoms with E-state index in [0.29, 0.717) is 30.0 Å². The first kappa shape index (κ1) is 16.9. The lowest BCUT2D eigenvalue weighted by molar-refractivity contribution is 0.0654. The normalized spacial score (nSPS) is 23.3. The van der Waals surface area contributed by atoms with Crippen LogP contribution in [-0.4, -0.2) is 42.2 Å². The van der Waals surface area contributed by atoms with Crippen LogP contribution >= 0.6 is 0 Å². The van der Waals surface area contributed by atoms with Gasteiger partial charge in [0.15, 0.2) is 0 Å². The summed E-state index contributed by atoms with van der Waals surface area (Å²) < 4.78 is 3.53. The van der Waals surface area contributed by atoms with Gasteiger partial charge in [-0.15, -0.1) is 0 Å². The molecular weight excluding hydrogens is 366 g/mol. The van der Waals surface area contributed by atoms with Crippen LogP contribution in [0.2, 0.25) is 0 Å². The van der Waals surface area contributed by atoms with E-state index >= 15 is 0 Å². The van der Waals surface area contributed by atoms with Gasteiger partial charge in [0.05, 0.1) is 22.6 Å². The van der Waals surface area contributed by atoms with Crippen LogP contribution in [0, 0.1) is 0 Å². The van der Waals surface area contributed by atoms with Crippen molar-refractivity contribution in [1.82, 2.24) is 24.2 Å². The number of amides is 1. The third-order valence-electron chi connectivity index (χ3n) is 6.72. The SMILES string of the molecule is Cn1nc(C2CC2)cc1C(=O)N1C2CCC1Cn1c(nc3ccccc3c1=O)C2. The van der Waals surface area contributed by atoms with Gasteiger partial charge in [0.2, 0.25) is 0 Å². The summed E-state index contributed by atoms with van der Waals surface area (Å²) in [7, 11) is 1.85. The Labute approximate surface area is 168 Å². The van der Waals surface area contributed by atoms with Crippen molar-refractivity contribution in [2.24, 2.45) is 7.05 Å². The smallest absolute Gasteiger partial charge is 0.272 e. The van der Waals surface area contributed by atoms with Crippen molar-refractivity contribution in [3.8, 4) is 0 Å². The Bertz CT molecular complexity index is 1210. The van der Waals surface area contributed by atoms with Crippen molar-refractivity contribution in [2.75, 3.05) is 0 Å². The standard InChI is InChI=1S/C22H23N5O2/c1-25-19(11-18(24-25)13-6-7-13)22(29)27-14-8-9-15(27)12-26-20(10-14)23-17-5-3-2-4-16(17)21(26)28/h2-5,11,13-15H,6-10,12H2,1H3. The predicted molar refractivity (Wildman–Crippen MR) is 108 cm³/mol. The molecule has 2 atom stereocenters. The maximum atomic E-state index is 13.5. The van der Waals surface area contributed by atoms with E-state index in [2.05, 4.69) is 5.10 Å². The van der Waals surface area contributed by atoms with E-state index in [1.807, 2.05) is 42.3 Å². The van der Waals surface area contributed by atoms with Crippen LogP contribution in [0.5, 0.6) is 0 Å². The number of carbonyl (C=O) groups excluding carboxylic acids is 1. The van der Waals surface area contributed by atoms with Gasteiger partial charge in [-0.25, -0.2) is 4.98 Å². The fourth-order valence-electron chi connectivity index (χ4n) is 5.05. The minimum atomic E-state index is 0.00195. The monoisotopic (exact) mass is 389 g/mol. The van der Waals surface area contributed by atoms with Crippen molar-refractivity contribution in [2.45, 2.75) is 56.7 Å². The molecule has 0 N–H and O–H groups in total. The zero-order valence-corrected chi connectivity index (χ0v) is 16.4. The first-order chi connectivity index (χ1) is 14.1. The highest BCUT2D eigenvalue weighted by Gasteiger charge is 2.42. The van der Waals surface area contributed by atoms with E-state index in [0.717, 1.165) is 42.7 Å². The van der Waals surface area contributed by atoms with E-state index < -0.39 is 0 Å². The van der Waals surface area contributed by atoms with Gasteiger partial charge in [0, 0.05) is 32.0 Å². The second-order valence-corrected chi connectivity index (χ2v) is 8.61. The Morgan fingerprint density at radius 1 is 1.10 bits per heavy atom. The van der Waals surface area contributed by atoms with Crippen LogP contribution in [0.1, 0.15) is 53.6 Å². The van der Waals surface area contributed by atoms with E-state index in [9.17, 15) is 9.59 Å². The van der Waals surface area contributed by atoms with E-state index in [4.69, 9.17) is 4.98 Å². The van der Waals surface area contributed by atoms with Crippen molar-refractivity contribution in [3.63, 3.8) is 0 Å². The van der Waals surface area contributed by atoms with Crippen LogP contribution in [0.4, 0.5) is 0 Å². The number of hydrogen-bond acceptors (Lipinski definition) is 4. The number of hydrogen-bond donors (Lipinski definition) is 0. The van der Waals surface area contributed by atoms with E-state index in [-0.39, 0.29) is 23.6 Å². The summed E-state index contributed by atoms with van der Waals surface area (Å²) in [5.41, 5.74) is 2.42. The molecule has 1 saturated heterocycles. The first-order valence-corrected chi connectivity index (χ1v) is 10.4. The number of benzene rings is 1. The predicted octanol–water partition coefficient (Wildman–Crippen LogP) is 2.24. The minimum absolute atomic E-state index is 0.00195. The molecule has 0 radical (unpaired) electrons. The second-order valence-electron chi connectivity index (χ2n) is 8.61. The fraction of sp³-hybridized carbons (Fsp3) is 0.455. The van der Waals surface area contributed by atoms with Gasteiger partial charge < -0.3 is 4.90 Å². The Balaban J connectivity index is 1.39. The molecule has 2 aliphatic heterocycles. The molecule has 1 amide bonds. The number of aryl methyl sites for hydroxylation is 1. The third-order valence-corrected chi connectivity index (χ3v) is 6.72. The molecule has 4 heterocycles. The van der Waals surface area contributed by atoms with Gasteiger partial charge in [0.25, 0.3) is 11.5 Å². The van der Waals surface area contributed by atoms with Crippen molar-refractivity contribution >= 4 is 16.8 Å². The summed E-state index contributed by atoms with van der Waals surface area (Å²) in [5, 5.41) is 5.22. The summed E-state index contributed by atoms with van der Waals surface area (Å²) in [6, 6.07) is 9.57. The molecule has 2 fully saturated rings. The molecule has 7 heteroatoms. The highest BCUT2D eigenvalue weighted by molar-refractivity contribution is 5.93. The lowest BCUT2D eigenvalue weighted by Gasteiger charge is -2.27.